The van der Waals surface area contributed by atoms with E-state index in [4.69, 9.17) is 9.47 Å². The highest BCUT2D eigenvalue weighted by molar-refractivity contribution is 6.09. The van der Waals surface area contributed by atoms with E-state index in [1.807, 2.05) is 0 Å². The summed E-state index contributed by atoms with van der Waals surface area (Å²) in [7, 11) is 0. The smallest absolute Gasteiger partial charge is 0.418 e. The zero-order valence-electron chi connectivity index (χ0n) is 17.3. The van der Waals surface area contributed by atoms with Crippen LogP contribution in [0, 0.1) is 5.92 Å². The quantitative estimate of drug-likeness (QED) is 0.557. The number of rotatable bonds is 5. The Bertz CT molecular complexity index is 784. The van der Waals surface area contributed by atoms with Gasteiger partial charge in [-0.05, 0) is 60.3 Å². The van der Waals surface area contributed by atoms with Crippen LogP contribution in [0.1, 0.15) is 86.7 Å². The Morgan fingerprint density at radius 3 is 2.50 bits per heavy atom. The molecule has 0 amide bonds. The van der Waals surface area contributed by atoms with Crippen LogP contribution in [0.25, 0.3) is 0 Å². The summed E-state index contributed by atoms with van der Waals surface area (Å²) in [6.45, 7) is 8.59. The summed E-state index contributed by atoms with van der Waals surface area (Å²) in [5.41, 5.74) is 0.0855. The number of fused-ring (bicyclic) bond motifs is 1. The fourth-order valence-corrected chi connectivity index (χ4v) is 3.41. The Morgan fingerprint density at radius 2 is 1.93 bits per heavy atom. The summed E-state index contributed by atoms with van der Waals surface area (Å²) in [6, 6.07) is 0. The molecule has 0 fully saturated rings. The highest BCUT2D eigenvalue weighted by Gasteiger charge is 2.35. The normalized spacial score (nSPS) is 16.9. The summed E-state index contributed by atoms with van der Waals surface area (Å²) in [4.78, 5) is 49.7. The Balaban J connectivity index is 2.50. The lowest BCUT2D eigenvalue weighted by Crippen LogP contribution is -2.28. The molecule has 0 aliphatic heterocycles. The van der Waals surface area contributed by atoms with Crippen molar-refractivity contribution in [1.82, 2.24) is 4.57 Å². The molecule has 0 saturated carbocycles. The molecule has 1 unspecified atom stereocenters. The number of esters is 1. The lowest BCUT2D eigenvalue weighted by molar-refractivity contribution is -0.117. The van der Waals surface area contributed by atoms with Gasteiger partial charge in [0.1, 0.15) is 11.4 Å². The molecule has 0 radical (unpaired) electrons. The predicted molar refractivity (Wildman–Crippen MR) is 103 cm³/mol. The first-order valence-corrected chi connectivity index (χ1v) is 9.73. The van der Waals surface area contributed by atoms with Crippen molar-refractivity contribution in [2.75, 3.05) is 6.61 Å². The van der Waals surface area contributed by atoms with Crippen molar-refractivity contribution < 1.29 is 28.7 Å². The Kier molecular flexibility index (Phi) is 6.80. The summed E-state index contributed by atoms with van der Waals surface area (Å²) < 4.78 is 11.8. The van der Waals surface area contributed by atoms with E-state index >= 15 is 0 Å². The molecule has 0 spiro atoms. The van der Waals surface area contributed by atoms with Gasteiger partial charge in [-0.2, -0.15) is 0 Å². The van der Waals surface area contributed by atoms with Crippen molar-refractivity contribution in [3.05, 3.63) is 23.0 Å². The van der Waals surface area contributed by atoms with Crippen LogP contribution in [0.5, 0.6) is 0 Å². The second-order valence-electron chi connectivity index (χ2n) is 8.13. The average Bonchev–Trinajstić information content (AvgIpc) is 2.87. The summed E-state index contributed by atoms with van der Waals surface area (Å²) >= 11 is 0. The number of nitrogens with zero attached hydrogens (tertiary/aromatic N) is 1. The van der Waals surface area contributed by atoms with Gasteiger partial charge in [0, 0.05) is 24.2 Å². The molecule has 0 saturated heterocycles. The molecule has 1 aliphatic carbocycles. The van der Waals surface area contributed by atoms with Gasteiger partial charge in [-0.25, -0.2) is 9.59 Å². The monoisotopic (exact) mass is 391 g/mol. The largest absolute Gasteiger partial charge is 0.462 e. The molecule has 7 nitrogen and oxygen atoms in total. The highest BCUT2D eigenvalue weighted by atomic mass is 16.6. The van der Waals surface area contributed by atoms with E-state index < -0.39 is 17.7 Å². The molecule has 7 heteroatoms. The first-order valence-electron chi connectivity index (χ1n) is 9.73. The standard InChI is InChI=1S/C21H29NO6/c1-6-27-19(25)15-12-22(20(26)28-21(3,4)5)16-9-7-8-14(11-10-13(2)23)18(24)17(15)16/h12,14H,6-11H2,1-5H3. The number of carbonyl (C=O) groups excluding carboxylic acids is 4. The van der Waals surface area contributed by atoms with E-state index in [0.29, 0.717) is 37.8 Å². The van der Waals surface area contributed by atoms with Gasteiger partial charge in [0.25, 0.3) is 0 Å². The third kappa shape index (κ3) is 5.09. The molecule has 28 heavy (non-hydrogen) atoms. The molecule has 1 heterocycles. The molecular formula is C21H29NO6. The lowest BCUT2D eigenvalue weighted by Gasteiger charge is -2.20. The number of ether oxygens (including phenoxy) is 2. The summed E-state index contributed by atoms with van der Waals surface area (Å²) in [5, 5.41) is 0. The minimum absolute atomic E-state index is 0.0224. The second kappa shape index (κ2) is 8.71. The molecule has 1 atom stereocenters. The van der Waals surface area contributed by atoms with Gasteiger partial charge < -0.3 is 14.3 Å². The molecule has 1 aliphatic rings. The third-order valence-electron chi connectivity index (χ3n) is 4.62. The van der Waals surface area contributed by atoms with Crippen molar-refractivity contribution >= 4 is 23.6 Å². The summed E-state index contributed by atoms with van der Waals surface area (Å²) in [5.74, 6) is -1.18. The van der Waals surface area contributed by atoms with Crippen LogP contribution >= 0.6 is 0 Å². The third-order valence-corrected chi connectivity index (χ3v) is 4.62. The van der Waals surface area contributed by atoms with Crippen molar-refractivity contribution in [2.45, 2.75) is 72.3 Å². The maximum atomic E-state index is 13.2. The SMILES string of the molecule is CCOC(=O)c1cn(C(=O)OC(C)(C)C)c2c1C(=O)C(CCC(C)=O)CCC2. The summed E-state index contributed by atoms with van der Waals surface area (Å²) in [6.07, 6.45) is 3.22. The van der Waals surface area contributed by atoms with Crippen LogP contribution in [0.2, 0.25) is 0 Å². The zero-order chi connectivity index (χ0) is 21.1. The van der Waals surface area contributed by atoms with E-state index in [-0.39, 0.29) is 35.2 Å². The van der Waals surface area contributed by atoms with Gasteiger partial charge in [-0.15, -0.1) is 0 Å². The Morgan fingerprint density at radius 1 is 1.25 bits per heavy atom. The molecule has 2 rings (SSSR count). The molecule has 1 aromatic heterocycles. The van der Waals surface area contributed by atoms with Gasteiger partial charge in [0.15, 0.2) is 5.78 Å². The maximum absolute atomic E-state index is 13.2. The van der Waals surface area contributed by atoms with Crippen LogP contribution in [0.3, 0.4) is 0 Å². The molecule has 0 aromatic carbocycles. The number of ketones is 2. The van der Waals surface area contributed by atoms with Gasteiger partial charge in [0.05, 0.1) is 17.7 Å². The number of aromatic nitrogens is 1. The van der Waals surface area contributed by atoms with Crippen LogP contribution in [0.4, 0.5) is 4.79 Å². The maximum Gasteiger partial charge on any atom is 0.418 e. The topological polar surface area (TPSA) is 91.7 Å². The fraction of sp³-hybridized carbons (Fsp3) is 0.619. The molecule has 0 N–H and O–H groups in total. The Labute approximate surface area is 165 Å². The minimum Gasteiger partial charge on any atom is -0.462 e. The average molecular weight is 391 g/mol. The van der Waals surface area contributed by atoms with Crippen LogP contribution in [-0.4, -0.2) is 40.4 Å². The van der Waals surface area contributed by atoms with E-state index in [0.717, 1.165) is 0 Å². The van der Waals surface area contributed by atoms with E-state index in [9.17, 15) is 19.2 Å². The lowest BCUT2D eigenvalue weighted by atomic mass is 9.90. The molecule has 1 aromatic rings. The van der Waals surface area contributed by atoms with Gasteiger partial charge >= 0.3 is 12.1 Å². The van der Waals surface area contributed by atoms with Crippen LogP contribution in [-0.2, 0) is 20.7 Å². The first-order chi connectivity index (χ1) is 13.0. The van der Waals surface area contributed by atoms with Gasteiger partial charge in [-0.3, -0.25) is 9.36 Å². The number of hydrogen-bond acceptors (Lipinski definition) is 6. The molecular weight excluding hydrogens is 362 g/mol. The van der Waals surface area contributed by atoms with E-state index in [1.54, 1.807) is 27.7 Å². The molecule has 0 bridgehead atoms. The predicted octanol–water partition coefficient (Wildman–Crippen LogP) is 3.95. The van der Waals surface area contributed by atoms with Crippen molar-refractivity contribution in [3.63, 3.8) is 0 Å². The van der Waals surface area contributed by atoms with E-state index in [1.165, 1.54) is 17.7 Å². The highest BCUT2D eigenvalue weighted by Crippen LogP contribution is 2.32. The number of carbonyl (C=O) groups is 4. The number of Topliss-reactive ketones (excluding diaryl/α,β-unsaturated/α-hetero) is 2. The van der Waals surface area contributed by atoms with Gasteiger partial charge in [-0.1, -0.05) is 0 Å². The van der Waals surface area contributed by atoms with Crippen molar-refractivity contribution in [1.29, 1.82) is 0 Å². The van der Waals surface area contributed by atoms with Crippen LogP contribution < -0.4 is 0 Å². The van der Waals surface area contributed by atoms with E-state index in [2.05, 4.69) is 0 Å². The number of hydrogen-bond donors (Lipinski definition) is 0. The fourth-order valence-electron chi connectivity index (χ4n) is 3.41. The molecule has 154 valence electrons. The van der Waals surface area contributed by atoms with Gasteiger partial charge in [0.2, 0.25) is 0 Å². The minimum atomic E-state index is -0.711. The van der Waals surface area contributed by atoms with Crippen molar-refractivity contribution in [3.8, 4) is 0 Å². The zero-order valence-corrected chi connectivity index (χ0v) is 17.3. The second-order valence-corrected chi connectivity index (χ2v) is 8.13. The Hall–Kier alpha value is -2.44. The van der Waals surface area contributed by atoms with Crippen LogP contribution in [0.15, 0.2) is 6.20 Å². The first kappa shape index (κ1) is 21.9. The van der Waals surface area contributed by atoms with Crippen molar-refractivity contribution in [2.24, 2.45) is 5.92 Å².